The van der Waals surface area contributed by atoms with Crippen LogP contribution >= 0.6 is 0 Å². The molecule has 0 aliphatic rings. The molecule has 0 atom stereocenters. The zero-order chi connectivity index (χ0) is 19.4. The van der Waals surface area contributed by atoms with E-state index in [9.17, 15) is 14.9 Å². The van der Waals surface area contributed by atoms with Crippen LogP contribution in [0.15, 0.2) is 59.0 Å². The number of amides is 1. The molecule has 0 radical (unpaired) electrons. The van der Waals surface area contributed by atoms with E-state index in [0.29, 0.717) is 5.76 Å². The van der Waals surface area contributed by atoms with Crippen LogP contribution in [0.4, 0.5) is 11.4 Å². The van der Waals surface area contributed by atoms with Crippen molar-refractivity contribution in [3.63, 3.8) is 0 Å². The van der Waals surface area contributed by atoms with Crippen LogP contribution in [0.3, 0.4) is 0 Å². The number of rotatable bonds is 6. The van der Waals surface area contributed by atoms with Crippen molar-refractivity contribution < 1.29 is 18.9 Å². The van der Waals surface area contributed by atoms with Gasteiger partial charge in [0.2, 0.25) is 0 Å². The number of nitrogens with zero attached hydrogens (tertiary/aromatic N) is 1. The highest BCUT2D eigenvalue weighted by atomic mass is 16.6. The van der Waals surface area contributed by atoms with E-state index in [-0.39, 0.29) is 23.7 Å². The quantitative estimate of drug-likeness (QED) is 0.507. The first-order chi connectivity index (χ1) is 12.9. The standard InChI is InChI=1S/C20H18N2O5/c1-13-7-9-16(17(11-13)22(24)25)21-20(23)19-10-8-15(27-19)12-26-18-6-4-3-5-14(18)2/h3-11H,12H2,1-2H3,(H,21,23). The molecule has 0 unspecified atom stereocenters. The number of furan rings is 1. The number of carbonyl (C=O) groups excluding carboxylic acids is 1. The molecule has 3 rings (SSSR count). The highest BCUT2D eigenvalue weighted by molar-refractivity contribution is 6.03. The van der Waals surface area contributed by atoms with Gasteiger partial charge >= 0.3 is 0 Å². The lowest BCUT2D eigenvalue weighted by atomic mass is 10.2. The fourth-order valence-corrected chi connectivity index (χ4v) is 2.53. The third-order valence-electron chi connectivity index (χ3n) is 3.95. The van der Waals surface area contributed by atoms with Crippen LogP contribution < -0.4 is 10.1 Å². The minimum Gasteiger partial charge on any atom is -0.485 e. The van der Waals surface area contributed by atoms with Crippen molar-refractivity contribution in [1.29, 1.82) is 0 Å². The van der Waals surface area contributed by atoms with E-state index in [4.69, 9.17) is 9.15 Å². The summed E-state index contributed by atoms with van der Waals surface area (Å²) in [7, 11) is 0. The van der Waals surface area contributed by atoms with Gasteiger partial charge in [-0.05, 0) is 49.2 Å². The Labute approximate surface area is 155 Å². The molecule has 0 aliphatic heterocycles. The number of hydrogen-bond donors (Lipinski definition) is 1. The van der Waals surface area contributed by atoms with Gasteiger partial charge in [-0.3, -0.25) is 14.9 Å². The van der Waals surface area contributed by atoms with Crippen LogP contribution in [0.1, 0.15) is 27.4 Å². The molecule has 1 aromatic heterocycles. The van der Waals surface area contributed by atoms with Crippen LogP contribution in [0.5, 0.6) is 5.75 Å². The fourth-order valence-electron chi connectivity index (χ4n) is 2.53. The molecule has 0 spiro atoms. The maximum absolute atomic E-state index is 12.3. The number of para-hydroxylation sites is 1. The summed E-state index contributed by atoms with van der Waals surface area (Å²) in [5.74, 6) is 0.689. The van der Waals surface area contributed by atoms with Crippen molar-refractivity contribution in [2.75, 3.05) is 5.32 Å². The monoisotopic (exact) mass is 366 g/mol. The largest absolute Gasteiger partial charge is 0.485 e. The molecule has 0 saturated heterocycles. The Hall–Kier alpha value is -3.61. The predicted octanol–water partition coefficient (Wildman–Crippen LogP) is 4.64. The molecule has 1 amide bonds. The molecule has 0 saturated carbocycles. The van der Waals surface area contributed by atoms with E-state index in [1.807, 2.05) is 31.2 Å². The number of nitro groups is 1. The normalized spacial score (nSPS) is 10.4. The Morgan fingerprint density at radius 2 is 1.93 bits per heavy atom. The number of hydrogen-bond acceptors (Lipinski definition) is 5. The predicted molar refractivity (Wildman–Crippen MR) is 100 cm³/mol. The molecular weight excluding hydrogens is 348 g/mol. The Bertz CT molecular complexity index is 994. The second-order valence-electron chi connectivity index (χ2n) is 6.05. The molecule has 0 fully saturated rings. The van der Waals surface area contributed by atoms with E-state index in [2.05, 4.69) is 5.32 Å². The number of benzene rings is 2. The number of anilines is 1. The first-order valence-electron chi connectivity index (χ1n) is 8.27. The minimum absolute atomic E-state index is 0.0493. The number of nitro benzene ring substituents is 1. The summed E-state index contributed by atoms with van der Waals surface area (Å²) >= 11 is 0. The van der Waals surface area contributed by atoms with Gasteiger partial charge < -0.3 is 14.5 Å². The zero-order valence-corrected chi connectivity index (χ0v) is 14.9. The van der Waals surface area contributed by atoms with Crippen LogP contribution in [0, 0.1) is 24.0 Å². The van der Waals surface area contributed by atoms with Gasteiger partial charge in [-0.25, -0.2) is 0 Å². The number of nitrogens with one attached hydrogen (secondary N) is 1. The summed E-state index contributed by atoms with van der Waals surface area (Å²) in [5, 5.41) is 13.7. The highest BCUT2D eigenvalue weighted by Crippen LogP contribution is 2.26. The SMILES string of the molecule is Cc1ccc(NC(=O)c2ccc(COc3ccccc3C)o2)c([N+](=O)[O-])c1. The van der Waals surface area contributed by atoms with Crippen LogP contribution in [-0.2, 0) is 6.61 Å². The number of aryl methyl sites for hydroxylation is 2. The molecule has 1 heterocycles. The molecule has 2 aromatic carbocycles. The molecule has 0 bridgehead atoms. The van der Waals surface area contributed by atoms with Gasteiger partial charge in [-0.1, -0.05) is 24.3 Å². The van der Waals surface area contributed by atoms with Crippen molar-refractivity contribution in [1.82, 2.24) is 0 Å². The van der Waals surface area contributed by atoms with Gasteiger partial charge in [0.05, 0.1) is 4.92 Å². The average Bonchev–Trinajstić information content (AvgIpc) is 3.11. The molecule has 7 nitrogen and oxygen atoms in total. The van der Waals surface area contributed by atoms with E-state index < -0.39 is 10.8 Å². The van der Waals surface area contributed by atoms with Crippen LogP contribution in [0.2, 0.25) is 0 Å². The molecule has 27 heavy (non-hydrogen) atoms. The Morgan fingerprint density at radius 3 is 2.67 bits per heavy atom. The molecule has 1 N–H and O–H groups in total. The first-order valence-corrected chi connectivity index (χ1v) is 8.27. The summed E-state index contributed by atoms with van der Waals surface area (Å²) in [6.45, 7) is 3.85. The molecule has 138 valence electrons. The topological polar surface area (TPSA) is 94.6 Å². The van der Waals surface area contributed by atoms with E-state index >= 15 is 0 Å². The van der Waals surface area contributed by atoms with Crippen LogP contribution in [-0.4, -0.2) is 10.8 Å². The second-order valence-corrected chi connectivity index (χ2v) is 6.05. The first kappa shape index (κ1) is 18.2. The Balaban J connectivity index is 1.69. The van der Waals surface area contributed by atoms with Crippen LogP contribution in [0.25, 0.3) is 0 Å². The Kier molecular flexibility index (Phi) is 5.21. The minimum atomic E-state index is -0.566. The summed E-state index contributed by atoms with van der Waals surface area (Å²) in [6, 6.07) is 15.3. The zero-order valence-electron chi connectivity index (χ0n) is 14.9. The number of carbonyl (C=O) groups is 1. The summed E-state index contributed by atoms with van der Waals surface area (Å²) in [4.78, 5) is 23.0. The molecule has 0 aliphatic carbocycles. The van der Waals surface area contributed by atoms with E-state index in [0.717, 1.165) is 16.9 Å². The van der Waals surface area contributed by atoms with Gasteiger partial charge in [0.15, 0.2) is 5.76 Å². The van der Waals surface area contributed by atoms with Gasteiger partial charge in [0, 0.05) is 6.07 Å². The lowest BCUT2D eigenvalue weighted by molar-refractivity contribution is -0.384. The Morgan fingerprint density at radius 1 is 1.15 bits per heavy atom. The third-order valence-corrected chi connectivity index (χ3v) is 3.95. The van der Waals surface area contributed by atoms with E-state index in [1.54, 1.807) is 19.1 Å². The highest BCUT2D eigenvalue weighted by Gasteiger charge is 2.19. The van der Waals surface area contributed by atoms with Crippen molar-refractivity contribution in [3.05, 3.63) is 87.4 Å². The van der Waals surface area contributed by atoms with Crippen molar-refractivity contribution in [3.8, 4) is 5.75 Å². The number of ether oxygens (including phenoxy) is 1. The van der Waals surface area contributed by atoms with E-state index in [1.165, 1.54) is 18.2 Å². The average molecular weight is 366 g/mol. The summed E-state index contributed by atoms with van der Waals surface area (Å²) in [6.07, 6.45) is 0. The summed E-state index contributed by atoms with van der Waals surface area (Å²) < 4.78 is 11.2. The lowest BCUT2D eigenvalue weighted by Crippen LogP contribution is -2.12. The van der Waals surface area contributed by atoms with Crippen molar-refractivity contribution in [2.45, 2.75) is 20.5 Å². The molecule has 3 aromatic rings. The second kappa shape index (κ2) is 7.74. The maximum atomic E-state index is 12.3. The van der Waals surface area contributed by atoms with Gasteiger partial charge in [-0.15, -0.1) is 0 Å². The lowest BCUT2D eigenvalue weighted by Gasteiger charge is -2.07. The smallest absolute Gasteiger partial charge is 0.293 e. The maximum Gasteiger partial charge on any atom is 0.293 e. The fraction of sp³-hybridized carbons (Fsp3) is 0.150. The van der Waals surface area contributed by atoms with Crippen molar-refractivity contribution >= 4 is 17.3 Å². The van der Waals surface area contributed by atoms with Crippen molar-refractivity contribution in [2.24, 2.45) is 0 Å². The third kappa shape index (κ3) is 4.33. The van der Waals surface area contributed by atoms with Gasteiger partial charge in [0.25, 0.3) is 11.6 Å². The van der Waals surface area contributed by atoms with Gasteiger partial charge in [-0.2, -0.15) is 0 Å². The molecular formula is C20H18N2O5. The molecule has 7 heteroatoms. The van der Waals surface area contributed by atoms with Gasteiger partial charge in [0.1, 0.15) is 23.8 Å². The summed E-state index contributed by atoms with van der Waals surface area (Å²) in [5.41, 5.74) is 1.67.